The molecule has 0 bridgehead atoms. The van der Waals surface area contributed by atoms with E-state index in [0.29, 0.717) is 5.92 Å². The molecule has 0 atom stereocenters. The predicted molar refractivity (Wildman–Crippen MR) is 131 cm³/mol. The highest BCUT2D eigenvalue weighted by molar-refractivity contribution is 7.98. The molecule has 0 spiro atoms. The van der Waals surface area contributed by atoms with Gasteiger partial charge in [-0.3, -0.25) is 4.90 Å². The number of pyridine rings is 1. The minimum Gasteiger partial charge on any atom is -0.379 e. The second kappa shape index (κ2) is 9.17. The van der Waals surface area contributed by atoms with Crippen LogP contribution in [-0.2, 0) is 17.6 Å². The number of hydrogen-bond acceptors (Lipinski definition) is 8. The number of nitrogens with zero attached hydrogens (tertiary/aromatic N) is 4. The molecule has 1 N–H and O–H groups in total. The third-order valence-corrected chi connectivity index (χ3v) is 7.95. The van der Waals surface area contributed by atoms with Gasteiger partial charge < -0.3 is 10.1 Å². The Hall–Kier alpha value is -1.48. The van der Waals surface area contributed by atoms with E-state index >= 15 is 0 Å². The highest BCUT2D eigenvalue weighted by atomic mass is 32.2. The van der Waals surface area contributed by atoms with Crippen molar-refractivity contribution in [2.75, 3.05) is 51.0 Å². The molecule has 6 nitrogen and oxygen atoms in total. The van der Waals surface area contributed by atoms with Crippen LogP contribution in [0.2, 0.25) is 0 Å². The molecular weight excluding hydrogens is 426 g/mol. The van der Waals surface area contributed by atoms with Crippen molar-refractivity contribution >= 4 is 49.3 Å². The van der Waals surface area contributed by atoms with Gasteiger partial charge in [0.15, 0.2) is 5.16 Å². The maximum atomic E-state index is 5.45. The topological polar surface area (TPSA) is 63.2 Å². The molecule has 1 aliphatic carbocycles. The lowest BCUT2D eigenvalue weighted by Gasteiger charge is -2.26. The van der Waals surface area contributed by atoms with Crippen LogP contribution in [0.5, 0.6) is 0 Å². The summed E-state index contributed by atoms with van der Waals surface area (Å²) in [5, 5.41) is 5.75. The van der Waals surface area contributed by atoms with Crippen LogP contribution in [0.15, 0.2) is 5.16 Å². The van der Waals surface area contributed by atoms with Crippen LogP contribution in [0.3, 0.4) is 0 Å². The number of thiophene rings is 1. The molecule has 0 amide bonds. The molecule has 3 aromatic heterocycles. The monoisotopic (exact) mass is 457 g/mol. The van der Waals surface area contributed by atoms with Crippen molar-refractivity contribution in [3.63, 3.8) is 0 Å². The Kier molecular flexibility index (Phi) is 6.32. The number of morpholine rings is 1. The molecule has 0 aromatic carbocycles. The first-order valence-electron chi connectivity index (χ1n) is 11.4. The molecule has 1 saturated heterocycles. The minimum atomic E-state index is 0.451. The smallest absolute Gasteiger partial charge is 0.189 e. The zero-order valence-electron chi connectivity index (χ0n) is 18.7. The summed E-state index contributed by atoms with van der Waals surface area (Å²) < 4.78 is 6.61. The Morgan fingerprint density at radius 3 is 2.71 bits per heavy atom. The van der Waals surface area contributed by atoms with E-state index in [2.05, 4.69) is 30.3 Å². The maximum Gasteiger partial charge on any atom is 0.189 e. The molecule has 166 valence electrons. The van der Waals surface area contributed by atoms with Crippen LogP contribution >= 0.6 is 23.1 Å². The second-order valence-electron chi connectivity index (χ2n) is 8.72. The summed E-state index contributed by atoms with van der Waals surface area (Å²) in [6.07, 6.45) is 6.66. The number of thioether (sulfide) groups is 1. The first kappa shape index (κ1) is 21.4. The van der Waals surface area contributed by atoms with Crippen LogP contribution in [-0.4, -0.2) is 65.5 Å². The molecule has 1 aliphatic heterocycles. The van der Waals surface area contributed by atoms with Gasteiger partial charge in [0.05, 0.1) is 23.4 Å². The predicted octanol–water partition coefficient (Wildman–Crippen LogP) is 4.71. The van der Waals surface area contributed by atoms with Gasteiger partial charge in [0.2, 0.25) is 0 Å². The standard InChI is InChI=1S/C23H31N5OS2/c1-14(2)18-16-7-4-6-15(16)17-19-20(31-22(17)25-18)21(27-23(26-19)30-3)24-8-5-9-28-10-12-29-13-11-28/h14H,4-13H2,1-3H3,(H,24,26,27). The normalized spacial score (nSPS) is 17.2. The first-order chi connectivity index (χ1) is 15.2. The highest BCUT2D eigenvalue weighted by Gasteiger charge is 2.25. The van der Waals surface area contributed by atoms with E-state index in [1.54, 1.807) is 23.1 Å². The van der Waals surface area contributed by atoms with Crippen LogP contribution in [0.25, 0.3) is 20.4 Å². The Bertz CT molecular complexity index is 1090. The van der Waals surface area contributed by atoms with Gasteiger partial charge in [0, 0.05) is 30.7 Å². The van der Waals surface area contributed by atoms with Crippen molar-refractivity contribution in [3.05, 3.63) is 16.8 Å². The van der Waals surface area contributed by atoms with E-state index in [4.69, 9.17) is 19.7 Å². The van der Waals surface area contributed by atoms with Gasteiger partial charge in [0.1, 0.15) is 10.6 Å². The van der Waals surface area contributed by atoms with Gasteiger partial charge in [-0.2, -0.15) is 0 Å². The number of anilines is 1. The molecule has 3 aromatic rings. The van der Waals surface area contributed by atoms with Gasteiger partial charge >= 0.3 is 0 Å². The summed E-state index contributed by atoms with van der Waals surface area (Å²) in [6.45, 7) is 10.3. The molecule has 8 heteroatoms. The molecule has 2 aliphatic rings. The highest BCUT2D eigenvalue weighted by Crippen LogP contribution is 2.43. The molecular formula is C23H31N5OS2. The minimum absolute atomic E-state index is 0.451. The van der Waals surface area contributed by atoms with Crippen molar-refractivity contribution in [2.24, 2.45) is 0 Å². The van der Waals surface area contributed by atoms with E-state index < -0.39 is 0 Å². The lowest BCUT2D eigenvalue weighted by molar-refractivity contribution is 0.0378. The molecule has 5 rings (SSSR count). The Morgan fingerprint density at radius 1 is 1.13 bits per heavy atom. The number of rotatable bonds is 7. The average molecular weight is 458 g/mol. The largest absolute Gasteiger partial charge is 0.379 e. The molecule has 1 fully saturated rings. The van der Waals surface area contributed by atoms with Crippen LogP contribution in [0.4, 0.5) is 5.82 Å². The lowest BCUT2D eigenvalue weighted by atomic mass is 9.99. The summed E-state index contributed by atoms with van der Waals surface area (Å²) >= 11 is 3.37. The fourth-order valence-corrected chi connectivity index (χ4v) is 6.28. The summed E-state index contributed by atoms with van der Waals surface area (Å²) in [4.78, 5) is 18.5. The summed E-state index contributed by atoms with van der Waals surface area (Å²) in [5.74, 6) is 1.42. The molecule has 4 heterocycles. The quantitative estimate of drug-likeness (QED) is 0.313. The van der Waals surface area contributed by atoms with Crippen LogP contribution < -0.4 is 5.32 Å². The number of fused-ring (bicyclic) bond motifs is 5. The molecule has 0 saturated carbocycles. The molecule has 0 radical (unpaired) electrons. The summed E-state index contributed by atoms with van der Waals surface area (Å²) in [7, 11) is 0. The van der Waals surface area contributed by atoms with E-state index in [1.165, 1.54) is 28.6 Å². The fraction of sp³-hybridized carbons (Fsp3) is 0.609. The van der Waals surface area contributed by atoms with Gasteiger partial charge in [-0.15, -0.1) is 11.3 Å². The molecule has 0 unspecified atom stereocenters. The number of nitrogens with one attached hydrogen (secondary N) is 1. The summed E-state index contributed by atoms with van der Waals surface area (Å²) in [6, 6.07) is 0. The number of ether oxygens (including phenoxy) is 1. The van der Waals surface area contributed by atoms with E-state index in [9.17, 15) is 0 Å². The number of aryl methyl sites for hydroxylation is 1. The average Bonchev–Trinajstić information content (AvgIpc) is 3.40. The van der Waals surface area contributed by atoms with E-state index in [1.807, 2.05) is 0 Å². The zero-order chi connectivity index (χ0) is 21.4. The first-order valence-corrected chi connectivity index (χ1v) is 13.4. The zero-order valence-corrected chi connectivity index (χ0v) is 20.3. The third-order valence-electron chi connectivity index (χ3n) is 6.32. The second-order valence-corrected chi connectivity index (χ2v) is 10.5. The van der Waals surface area contributed by atoms with E-state index in [-0.39, 0.29) is 0 Å². The van der Waals surface area contributed by atoms with Crippen LogP contribution in [0, 0.1) is 0 Å². The van der Waals surface area contributed by atoms with E-state index in [0.717, 1.165) is 84.7 Å². The van der Waals surface area contributed by atoms with Crippen molar-refractivity contribution < 1.29 is 4.74 Å². The number of hydrogen-bond donors (Lipinski definition) is 1. The van der Waals surface area contributed by atoms with Gasteiger partial charge in [-0.05, 0) is 55.5 Å². The third kappa shape index (κ3) is 4.15. The molecule has 31 heavy (non-hydrogen) atoms. The Balaban J connectivity index is 1.48. The SMILES string of the molecule is CSc1nc(NCCCN2CCOCC2)c2sc3nc(C(C)C)c4c(c3c2n1)CCC4. The van der Waals surface area contributed by atoms with Gasteiger partial charge in [-0.1, -0.05) is 25.6 Å². The number of aromatic nitrogens is 3. The van der Waals surface area contributed by atoms with Crippen molar-refractivity contribution in [1.29, 1.82) is 0 Å². The Morgan fingerprint density at radius 2 is 1.94 bits per heavy atom. The lowest BCUT2D eigenvalue weighted by Crippen LogP contribution is -2.37. The van der Waals surface area contributed by atoms with Crippen molar-refractivity contribution in [1.82, 2.24) is 19.9 Å². The fourth-order valence-electron chi connectivity index (χ4n) is 4.80. The van der Waals surface area contributed by atoms with Gasteiger partial charge in [-0.25, -0.2) is 15.0 Å². The Labute approximate surface area is 192 Å². The maximum absolute atomic E-state index is 5.45. The van der Waals surface area contributed by atoms with Crippen molar-refractivity contribution in [2.45, 2.75) is 50.6 Å². The van der Waals surface area contributed by atoms with Gasteiger partial charge in [0.25, 0.3) is 0 Å². The summed E-state index contributed by atoms with van der Waals surface area (Å²) in [5.41, 5.74) is 5.34. The van der Waals surface area contributed by atoms with Crippen molar-refractivity contribution in [3.8, 4) is 0 Å². The van der Waals surface area contributed by atoms with Crippen LogP contribution in [0.1, 0.15) is 49.4 Å².